The second-order valence-electron chi connectivity index (χ2n) is 6.66. The average molecular weight is 439 g/mol. The number of hydrogen-bond acceptors (Lipinski definition) is 6. The van der Waals surface area contributed by atoms with Crippen LogP contribution in [-0.4, -0.2) is 28.0 Å². The maximum Gasteiger partial charge on any atom is 0.338 e. The Hall–Kier alpha value is -3.10. The number of amides is 1. The lowest BCUT2D eigenvalue weighted by Crippen LogP contribution is -2.39. The summed E-state index contributed by atoms with van der Waals surface area (Å²) in [7, 11) is 1.34. The van der Waals surface area contributed by atoms with E-state index >= 15 is 0 Å². The Balaban J connectivity index is 1.65. The normalized spacial score (nSPS) is 15.3. The van der Waals surface area contributed by atoms with Crippen molar-refractivity contribution in [3.63, 3.8) is 0 Å². The van der Waals surface area contributed by atoms with Gasteiger partial charge in [-0.3, -0.25) is 9.47 Å². The number of thioether (sulfide) groups is 1. The Kier molecular flexibility index (Phi) is 5.36. The fourth-order valence-electron chi connectivity index (χ4n) is 3.30. The Morgan fingerprint density at radius 1 is 1.10 bits per heavy atom. The van der Waals surface area contributed by atoms with Gasteiger partial charge in [0.1, 0.15) is 11.5 Å². The quantitative estimate of drug-likeness (QED) is 0.335. The second-order valence-corrected chi connectivity index (χ2v) is 8.34. The summed E-state index contributed by atoms with van der Waals surface area (Å²) in [4.78, 5) is 25.5. The molecule has 152 valence electrons. The number of ether oxygens (including phenoxy) is 1. The number of methoxy groups -OCH3 is 1. The summed E-state index contributed by atoms with van der Waals surface area (Å²) < 4.78 is 13.0. The molecule has 1 aliphatic heterocycles. The molecule has 1 aromatic carbocycles. The summed E-state index contributed by atoms with van der Waals surface area (Å²) in [5.41, 5.74) is 2.87. The van der Waals surface area contributed by atoms with Crippen LogP contribution in [0.5, 0.6) is 0 Å². The molecule has 0 saturated carbocycles. The van der Waals surface area contributed by atoms with Gasteiger partial charge in [-0.25, -0.2) is 4.79 Å². The third kappa shape index (κ3) is 3.48. The zero-order chi connectivity index (χ0) is 21.4. The highest BCUT2D eigenvalue weighted by molar-refractivity contribution is 8.27. The van der Waals surface area contributed by atoms with Crippen LogP contribution in [0, 0.1) is 13.8 Å². The van der Waals surface area contributed by atoms with Crippen molar-refractivity contribution < 1.29 is 18.7 Å². The lowest BCUT2D eigenvalue weighted by Gasteiger charge is -2.20. The van der Waals surface area contributed by atoms with E-state index in [-0.39, 0.29) is 5.91 Å². The molecule has 0 spiro atoms. The highest BCUT2D eigenvalue weighted by atomic mass is 32.2. The molecule has 0 aliphatic carbocycles. The minimum atomic E-state index is -0.443. The van der Waals surface area contributed by atoms with E-state index in [1.807, 2.05) is 32.0 Å². The van der Waals surface area contributed by atoms with Crippen LogP contribution in [0.15, 0.2) is 57.9 Å². The molecule has 0 atom stereocenters. The third-order valence-corrected chi connectivity index (χ3v) is 5.99. The predicted octanol–water partition coefficient (Wildman–Crippen LogP) is 4.69. The summed E-state index contributed by atoms with van der Waals surface area (Å²) in [5.74, 6) is 0.350. The van der Waals surface area contributed by atoms with Gasteiger partial charge in [-0.05, 0) is 56.4 Å². The summed E-state index contributed by atoms with van der Waals surface area (Å²) in [6, 6.07) is 14.4. The number of carbonyl (C=O) groups excluding carboxylic acids is 2. The first-order chi connectivity index (χ1) is 14.4. The van der Waals surface area contributed by atoms with Crippen molar-refractivity contribution >= 4 is 46.3 Å². The van der Waals surface area contributed by atoms with Gasteiger partial charge in [0.25, 0.3) is 5.91 Å². The van der Waals surface area contributed by atoms with Crippen molar-refractivity contribution in [3.8, 4) is 11.3 Å². The van der Waals surface area contributed by atoms with E-state index in [1.165, 1.54) is 23.9 Å². The van der Waals surface area contributed by atoms with Crippen LogP contribution in [0.3, 0.4) is 0 Å². The zero-order valence-electron chi connectivity index (χ0n) is 16.5. The van der Waals surface area contributed by atoms with Gasteiger partial charge in [0, 0.05) is 23.0 Å². The molecule has 1 aliphatic rings. The van der Waals surface area contributed by atoms with Crippen LogP contribution < -0.4 is 5.01 Å². The maximum absolute atomic E-state index is 13.0. The van der Waals surface area contributed by atoms with Crippen LogP contribution in [-0.2, 0) is 9.53 Å². The number of carbonyl (C=O) groups is 2. The van der Waals surface area contributed by atoms with Crippen LogP contribution in [0.2, 0.25) is 0 Å². The molecule has 0 radical (unpaired) electrons. The number of furan rings is 1. The molecule has 1 saturated heterocycles. The van der Waals surface area contributed by atoms with Crippen molar-refractivity contribution in [1.29, 1.82) is 0 Å². The van der Waals surface area contributed by atoms with Crippen molar-refractivity contribution in [3.05, 3.63) is 76.1 Å². The zero-order valence-corrected chi connectivity index (χ0v) is 18.2. The number of aromatic nitrogens is 1. The Bertz CT molecular complexity index is 1190. The molecule has 1 amide bonds. The average Bonchev–Trinajstić information content (AvgIpc) is 3.41. The molecule has 30 heavy (non-hydrogen) atoms. The summed E-state index contributed by atoms with van der Waals surface area (Å²) in [6.07, 6.45) is 1.66. The number of benzene rings is 1. The molecule has 0 bridgehead atoms. The Morgan fingerprint density at radius 2 is 1.80 bits per heavy atom. The SMILES string of the molecule is COC(=O)c1ccccc1-c1ccc(C=C2SC(=S)N(n3c(C)ccc3C)C2=O)o1. The van der Waals surface area contributed by atoms with Crippen molar-refractivity contribution in [1.82, 2.24) is 4.68 Å². The molecular weight excluding hydrogens is 420 g/mol. The second kappa shape index (κ2) is 7.97. The summed E-state index contributed by atoms with van der Waals surface area (Å²) in [6.45, 7) is 3.85. The minimum absolute atomic E-state index is 0.208. The third-order valence-electron chi connectivity index (χ3n) is 4.71. The smallest absolute Gasteiger partial charge is 0.338 e. The van der Waals surface area contributed by atoms with E-state index in [9.17, 15) is 9.59 Å². The monoisotopic (exact) mass is 438 g/mol. The number of thiocarbonyl (C=S) groups is 1. The van der Waals surface area contributed by atoms with Gasteiger partial charge < -0.3 is 9.15 Å². The van der Waals surface area contributed by atoms with E-state index in [1.54, 1.807) is 41.1 Å². The molecule has 0 unspecified atom stereocenters. The van der Waals surface area contributed by atoms with Gasteiger partial charge in [-0.15, -0.1) is 0 Å². The molecule has 3 heterocycles. The first-order valence-electron chi connectivity index (χ1n) is 9.11. The molecule has 8 heteroatoms. The molecule has 4 rings (SSSR count). The molecule has 2 aromatic heterocycles. The number of aryl methyl sites for hydroxylation is 2. The van der Waals surface area contributed by atoms with E-state index in [4.69, 9.17) is 21.4 Å². The van der Waals surface area contributed by atoms with E-state index < -0.39 is 5.97 Å². The first-order valence-corrected chi connectivity index (χ1v) is 10.3. The highest BCUT2D eigenvalue weighted by Gasteiger charge is 2.35. The van der Waals surface area contributed by atoms with E-state index in [2.05, 4.69) is 0 Å². The van der Waals surface area contributed by atoms with Gasteiger partial charge in [0.05, 0.1) is 17.6 Å². The van der Waals surface area contributed by atoms with Crippen molar-refractivity contribution in [2.75, 3.05) is 12.1 Å². The number of esters is 1. The minimum Gasteiger partial charge on any atom is -0.465 e. The van der Waals surface area contributed by atoms with Crippen molar-refractivity contribution in [2.45, 2.75) is 13.8 Å². The topological polar surface area (TPSA) is 64.7 Å². The standard InChI is InChI=1S/C22H18N2O4S2/c1-13-8-9-14(2)23(13)24-20(25)19(30-22(24)29)12-15-10-11-18(28-15)16-6-4-5-7-17(16)21(26)27-3/h4-12H,1-3H3. The predicted molar refractivity (Wildman–Crippen MR) is 121 cm³/mol. The Morgan fingerprint density at radius 3 is 2.50 bits per heavy atom. The number of hydrogen-bond donors (Lipinski definition) is 0. The van der Waals surface area contributed by atoms with E-state index in [0.717, 1.165) is 11.4 Å². The van der Waals surface area contributed by atoms with Gasteiger partial charge >= 0.3 is 5.97 Å². The van der Waals surface area contributed by atoms with Crippen LogP contribution in [0.4, 0.5) is 0 Å². The summed E-state index contributed by atoms with van der Waals surface area (Å²) in [5, 5.41) is 1.49. The van der Waals surface area contributed by atoms with Gasteiger partial charge in [-0.1, -0.05) is 30.0 Å². The number of nitrogens with zero attached hydrogens (tertiary/aromatic N) is 2. The molecule has 1 fully saturated rings. The largest absolute Gasteiger partial charge is 0.465 e. The van der Waals surface area contributed by atoms with Crippen LogP contribution in [0.1, 0.15) is 27.5 Å². The Labute approximate surface area is 183 Å². The van der Waals surface area contributed by atoms with Gasteiger partial charge in [0.2, 0.25) is 0 Å². The van der Waals surface area contributed by atoms with Gasteiger partial charge in [0.15, 0.2) is 4.32 Å². The van der Waals surface area contributed by atoms with Crippen molar-refractivity contribution in [2.24, 2.45) is 0 Å². The van der Waals surface area contributed by atoms with E-state index in [0.29, 0.717) is 31.9 Å². The number of rotatable bonds is 4. The lowest BCUT2D eigenvalue weighted by atomic mass is 10.1. The summed E-state index contributed by atoms with van der Waals surface area (Å²) >= 11 is 6.67. The molecule has 6 nitrogen and oxygen atoms in total. The molecular formula is C22H18N2O4S2. The molecule has 0 N–H and O–H groups in total. The fourth-order valence-corrected chi connectivity index (χ4v) is 4.52. The van der Waals surface area contributed by atoms with Crippen LogP contribution >= 0.6 is 24.0 Å². The van der Waals surface area contributed by atoms with Crippen LogP contribution in [0.25, 0.3) is 17.4 Å². The maximum atomic E-state index is 13.0. The highest BCUT2D eigenvalue weighted by Crippen LogP contribution is 2.34. The first kappa shape index (κ1) is 20.2. The fraction of sp³-hybridized carbons (Fsp3) is 0.136. The van der Waals surface area contributed by atoms with Gasteiger partial charge in [-0.2, -0.15) is 5.01 Å². The lowest BCUT2D eigenvalue weighted by molar-refractivity contribution is -0.114. The molecule has 3 aromatic rings.